The maximum atomic E-state index is 11.5. The highest BCUT2D eigenvalue weighted by atomic mass is 35.5. The van der Waals surface area contributed by atoms with E-state index in [0.29, 0.717) is 16.6 Å². The number of hydrogen-bond acceptors (Lipinski definition) is 4. The quantitative estimate of drug-likeness (QED) is 0.684. The van der Waals surface area contributed by atoms with Gasteiger partial charge in [-0.2, -0.15) is 10.2 Å². The summed E-state index contributed by atoms with van der Waals surface area (Å²) >= 11 is 6.26. The van der Waals surface area contributed by atoms with Gasteiger partial charge in [-0.05, 0) is 33.6 Å². The van der Waals surface area contributed by atoms with Gasteiger partial charge in [0.1, 0.15) is 10.8 Å². The van der Waals surface area contributed by atoms with Crippen LogP contribution in [0.5, 0.6) is 0 Å². The van der Waals surface area contributed by atoms with Gasteiger partial charge in [0.2, 0.25) is 0 Å². The lowest BCUT2D eigenvalue weighted by molar-refractivity contribution is 0.0529. The number of carbonyl (C=O) groups excluding carboxylic acids is 1. The Morgan fingerprint density at radius 2 is 2.14 bits per heavy atom. The first-order valence-corrected chi connectivity index (χ1v) is 7.23. The predicted molar refractivity (Wildman–Crippen MR) is 83.8 cm³/mol. The highest BCUT2D eigenvalue weighted by molar-refractivity contribution is 6.32. The lowest BCUT2D eigenvalue weighted by atomic mass is 10.2. The van der Waals surface area contributed by atoms with E-state index >= 15 is 0 Å². The molecule has 1 amide bonds. The van der Waals surface area contributed by atoms with Gasteiger partial charge in [0.05, 0.1) is 17.5 Å². The molecule has 0 fully saturated rings. The van der Waals surface area contributed by atoms with E-state index in [1.54, 1.807) is 25.5 Å². The molecule has 1 N–H and O–H groups in total. The molecular formula is C14H23ClN4O2. The minimum atomic E-state index is -0.609. The zero-order valence-electron chi connectivity index (χ0n) is 13.4. The molecule has 0 saturated heterocycles. The average Bonchev–Trinajstić information content (AvgIpc) is 2.53. The van der Waals surface area contributed by atoms with Crippen molar-refractivity contribution in [2.24, 2.45) is 11.0 Å². The maximum absolute atomic E-state index is 11.5. The fourth-order valence-corrected chi connectivity index (χ4v) is 1.92. The molecule has 6 nitrogen and oxygen atoms in total. The van der Waals surface area contributed by atoms with Crippen LogP contribution in [0.1, 0.15) is 45.9 Å². The van der Waals surface area contributed by atoms with Crippen LogP contribution in [0.25, 0.3) is 0 Å². The fraction of sp³-hybridized carbons (Fsp3) is 0.643. The molecule has 118 valence electrons. The summed E-state index contributed by atoms with van der Waals surface area (Å²) in [7, 11) is 0. The van der Waals surface area contributed by atoms with E-state index < -0.39 is 11.7 Å². The molecule has 7 heteroatoms. The molecule has 1 rings (SSSR count). The lowest BCUT2D eigenvalue weighted by Crippen LogP contribution is -2.29. The van der Waals surface area contributed by atoms with Gasteiger partial charge < -0.3 is 4.74 Å². The molecule has 1 aromatic rings. The molecule has 0 aliphatic heterocycles. The molecule has 0 unspecified atom stereocenters. The van der Waals surface area contributed by atoms with Gasteiger partial charge in [0.25, 0.3) is 0 Å². The van der Waals surface area contributed by atoms with Gasteiger partial charge in [-0.1, -0.05) is 25.4 Å². The van der Waals surface area contributed by atoms with E-state index in [4.69, 9.17) is 16.3 Å². The van der Waals surface area contributed by atoms with E-state index in [0.717, 1.165) is 12.2 Å². The summed E-state index contributed by atoms with van der Waals surface area (Å²) in [4.78, 5) is 11.5. The first-order valence-electron chi connectivity index (χ1n) is 6.85. The number of hydrogen-bond donors (Lipinski definition) is 1. The highest BCUT2D eigenvalue weighted by Gasteiger charge is 2.16. The van der Waals surface area contributed by atoms with Crippen LogP contribution < -0.4 is 5.43 Å². The Bertz CT molecular complexity index is 530. The van der Waals surface area contributed by atoms with Gasteiger partial charge in [0.15, 0.2) is 0 Å². The molecule has 1 aromatic heterocycles. The molecule has 0 radical (unpaired) electrons. The van der Waals surface area contributed by atoms with Gasteiger partial charge in [-0.15, -0.1) is 0 Å². The number of rotatable bonds is 4. The molecule has 0 atom stereocenters. The van der Waals surface area contributed by atoms with E-state index in [1.165, 1.54) is 6.21 Å². The molecule has 0 aromatic carbocycles. The summed E-state index contributed by atoms with van der Waals surface area (Å²) in [6.07, 6.45) is 0.868. The second-order valence-corrected chi connectivity index (χ2v) is 6.60. The van der Waals surface area contributed by atoms with Crippen LogP contribution in [-0.2, 0) is 11.3 Å². The Balaban J connectivity index is 2.73. The number of nitrogens with zero attached hydrogens (tertiary/aromatic N) is 3. The topological polar surface area (TPSA) is 68.5 Å². The number of carbonyl (C=O) groups is 1. The van der Waals surface area contributed by atoms with Crippen molar-refractivity contribution >= 4 is 23.9 Å². The van der Waals surface area contributed by atoms with Gasteiger partial charge in [-0.25, -0.2) is 10.2 Å². The molecule has 1 heterocycles. The Morgan fingerprint density at radius 3 is 2.67 bits per heavy atom. The third-order valence-electron chi connectivity index (χ3n) is 2.40. The number of aryl methyl sites for hydroxylation is 1. The first-order chi connectivity index (χ1) is 9.60. The largest absolute Gasteiger partial charge is 0.443 e. The van der Waals surface area contributed by atoms with Crippen molar-refractivity contribution in [3.8, 4) is 0 Å². The predicted octanol–water partition coefficient (Wildman–Crippen LogP) is 3.36. The van der Waals surface area contributed by atoms with Crippen molar-refractivity contribution in [3.63, 3.8) is 0 Å². The second-order valence-electron chi connectivity index (χ2n) is 6.24. The Labute approximate surface area is 130 Å². The molecule has 0 saturated carbocycles. The van der Waals surface area contributed by atoms with E-state index in [1.807, 2.05) is 6.92 Å². The summed E-state index contributed by atoms with van der Waals surface area (Å²) in [5.41, 5.74) is 3.19. The second kappa shape index (κ2) is 6.93. The average molecular weight is 315 g/mol. The van der Waals surface area contributed by atoms with Crippen LogP contribution in [0.15, 0.2) is 5.10 Å². The van der Waals surface area contributed by atoms with Gasteiger partial charge >= 0.3 is 6.09 Å². The maximum Gasteiger partial charge on any atom is 0.428 e. The minimum absolute atomic E-state index is 0.437. The number of nitrogens with one attached hydrogen (secondary N) is 1. The molecular weight excluding hydrogens is 292 g/mol. The molecule has 0 bridgehead atoms. The van der Waals surface area contributed by atoms with Crippen LogP contribution in [0.4, 0.5) is 4.79 Å². The molecule has 0 aliphatic rings. The Morgan fingerprint density at radius 1 is 1.52 bits per heavy atom. The number of halogens is 1. The van der Waals surface area contributed by atoms with Crippen LogP contribution in [0.2, 0.25) is 5.15 Å². The number of hydrazone groups is 1. The molecule has 0 aliphatic carbocycles. The zero-order valence-corrected chi connectivity index (χ0v) is 14.2. The highest BCUT2D eigenvalue weighted by Crippen LogP contribution is 2.18. The van der Waals surface area contributed by atoms with Crippen molar-refractivity contribution in [1.29, 1.82) is 0 Å². The van der Waals surface area contributed by atoms with Gasteiger partial charge in [0, 0.05) is 6.54 Å². The Hall–Kier alpha value is -1.56. The van der Waals surface area contributed by atoms with Crippen LogP contribution in [0, 0.1) is 12.8 Å². The number of ether oxygens (including phenoxy) is 1. The third-order valence-corrected chi connectivity index (χ3v) is 2.79. The molecule has 21 heavy (non-hydrogen) atoms. The standard InChI is InChI=1S/C14H23ClN4O2/c1-9(2)8-19-12(15)11(10(3)18-19)7-16-17-13(20)21-14(4,5)6/h7,9H,8H2,1-6H3,(H,17,20)/b16-7-. The molecule has 0 spiro atoms. The van der Waals surface area contributed by atoms with Crippen molar-refractivity contribution in [2.75, 3.05) is 0 Å². The minimum Gasteiger partial charge on any atom is -0.443 e. The van der Waals surface area contributed by atoms with Crippen LogP contribution in [0.3, 0.4) is 0 Å². The van der Waals surface area contributed by atoms with Crippen LogP contribution in [-0.4, -0.2) is 27.7 Å². The summed E-state index contributed by atoms with van der Waals surface area (Å²) in [5, 5.41) is 8.72. The van der Waals surface area contributed by atoms with Gasteiger partial charge in [-0.3, -0.25) is 4.68 Å². The normalized spacial score (nSPS) is 12.2. The first kappa shape index (κ1) is 17.5. The number of amides is 1. The Kier molecular flexibility index (Phi) is 5.78. The lowest BCUT2D eigenvalue weighted by Gasteiger charge is -2.18. The van der Waals surface area contributed by atoms with Crippen molar-refractivity contribution < 1.29 is 9.53 Å². The van der Waals surface area contributed by atoms with E-state index in [-0.39, 0.29) is 0 Å². The summed E-state index contributed by atoms with van der Waals surface area (Å²) in [5.74, 6) is 0.437. The number of aromatic nitrogens is 2. The van der Waals surface area contributed by atoms with Crippen molar-refractivity contribution in [3.05, 3.63) is 16.4 Å². The van der Waals surface area contributed by atoms with Crippen molar-refractivity contribution in [2.45, 2.75) is 53.7 Å². The summed E-state index contributed by atoms with van der Waals surface area (Å²) in [6, 6.07) is 0. The zero-order chi connectivity index (χ0) is 16.2. The van der Waals surface area contributed by atoms with Crippen molar-refractivity contribution in [1.82, 2.24) is 15.2 Å². The summed E-state index contributed by atoms with van der Waals surface area (Å²) in [6.45, 7) is 12.1. The smallest absolute Gasteiger partial charge is 0.428 e. The van der Waals surface area contributed by atoms with Crippen LogP contribution >= 0.6 is 11.6 Å². The fourth-order valence-electron chi connectivity index (χ4n) is 1.63. The third kappa shape index (κ3) is 5.75. The van der Waals surface area contributed by atoms with E-state index in [2.05, 4.69) is 29.5 Å². The monoisotopic (exact) mass is 314 g/mol. The SMILES string of the molecule is Cc1nn(CC(C)C)c(Cl)c1/C=N\NC(=O)OC(C)(C)C. The summed E-state index contributed by atoms with van der Waals surface area (Å²) < 4.78 is 6.81. The van der Waals surface area contributed by atoms with E-state index in [9.17, 15) is 4.79 Å².